The van der Waals surface area contributed by atoms with Gasteiger partial charge in [-0.15, -0.1) is 11.3 Å². The van der Waals surface area contributed by atoms with E-state index in [4.69, 9.17) is 4.74 Å². The summed E-state index contributed by atoms with van der Waals surface area (Å²) in [5.41, 5.74) is 0.355. The Morgan fingerprint density at radius 3 is 2.33 bits per heavy atom. The Kier molecular flexibility index (Phi) is 8.80. The maximum atomic E-state index is 14.0. The summed E-state index contributed by atoms with van der Waals surface area (Å²) in [5, 5.41) is 13.4. The largest absolute Gasteiger partial charge is 0.477 e. The Hall–Kier alpha value is -1.88. The zero-order valence-corrected chi connectivity index (χ0v) is 23.1. The smallest absolute Gasteiger partial charge is 0.348 e. The topological polar surface area (TPSA) is 78.9 Å². The van der Waals surface area contributed by atoms with Crippen LogP contribution in [0.2, 0.25) is 0 Å². The molecular formula is C29H42N2O4S. The fourth-order valence-corrected chi connectivity index (χ4v) is 6.52. The summed E-state index contributed by atoms with van der Waals surface area (Å²) in [4.78, 5) is 29.1. The van der Waals surface area contributed by atoms with E-state index in [-0.39, 0.29) is 40.4 Å². The van der Waals surface area contributed by atoms with E-state index in [2.05, 4.69) is 24.1 Å². The van der Waals surface area contributed by atoms with Crippen LogP contribution in [0.5, 0.6) is 0 Å². The van der Waals surface area contributed by atoms with E-state index in [1.807, 2.05) is 31.7 Å². The lowest BCUT2D eigenvalue weighted by Gasteiger charge is -2.40. The Labute approximate surface area is 220 Å². The second-order valence-electron chi connectivity index (χ2n) is 12.0. The van der Waals surface area contributed by atoms with Gasteiger partial charge in [0.05, 0.1) is 22.8 Å². The zero-order chi connectivity index (χ0) is 25.9. The number of carboxylic acid groups (broad SMARTS) is 1. The fraction of sp³-hybridized carbons (Fsp3) is 0.724. The van der Waals surface area contributed by atoms with Crippen molar-refractivity contribution in [2.75, 3.05) is 18.0 Å². The van der Waals surface area contributed by atoms with Gasteiger partial charge in [0.25, 0.3) is 0 Å². The molecule has 0 bridgehead atoms. The first kappa shape index (κ1) is 27.2. The van der Waals surface area contributed by atoms with Gasteiger partial charge >= 0.3 is 5.97 Å². The van der Waals surface area contributed by atoms with Crippen molar-refractivity contribution in [2.45, 2.75) is 104 Å². The monoisotopic (exact) mass is 514 g/mol. The van der Waals surface area contributed by atoms with Crippen molar-refractivity contribution in [1.29, 1.82) is 0 Å². The summed E-state index contributed by atoms with van der Waals surface area (Å²) in [6.45, 7) is 10.3. The molecule has 2 N–H and O–H groups in total. The van der Waals surface area contributed by atoms with Gasteiger partial charge in [0.2, 0.25) is 5.91 Å². The van der Waals surface area contributed by atoms with Crippen molar-refractivity contribution in [1.82, 2.24) is 5.32 Å². The second kappa shape index (κ2) is 11.7. The molecule has 1 amide bonds. The maximum Gasteiger partial charge on any atom is 0.348 e. The second-order valence-corrected chi connectivity index (χ2v) is 13.0. The minimum Gasteiger partial charge on any atom is -0.477 e. The fourth-order valence-electron chi connectivity index (χ4n) is 5.68. The SMILES string of the molecule is CC1CCC(C(=O)N(c2cc(C#CC(C)(C)C)sc2C(=O)O)C2CCC(O[C@H]3CCNC3)CC2)CC1. The number of carboxylic acids is 1. The van der Waals surface area contributed by atoms with Crippen LogP contribution in [0.25, 0.3) is 0 Å². The first-order chi connectivity index (χ1) is 17.1. The van der Waals surface area contributed by atoms with Crippen LogP contribution in [0.1, 0.15) is 100 Å². The first-order valence-electron chi connectivity index (χ1n) is 13.7. The van der Waals surface area contributed by atoms with Gasteiger partial charge in [0.1, 0.15) is 4.88 Å². The summed E-state index contributed by atoms with van der Waals surface area (Å²) in [6.07, 6.45) is 8.89. The van der Waals surface area contributed by atoms with E-state index in [1.165, 1.54) is 11.3 Å². The van der Waals surface area contributed by atoms with Crippen molar-refractivity contribution in [3.8, 4) is 11.8 Å². The quantitative estimate of drug-likeness (QED) is 0.477. The molecule has 6 nitrogen and oxygen atoms in total. The summed E-state index contributed by atoms with van der Waals surface area (Å²) < 4.78 is 6.33. The summed E-state index contributed by atoms with van der Waals surface area (Å²) in [7, 11) is 0. The highest BCUT2D eigenvalue weighted by molar-refractivity contribution is 7.15. The predicted octanol–water partition coefficient (Wildman–Crippen LogP) is 5.69. The molecule has 198 valence electrons. The number of ether oxygens (including phenoxy) is 1. The molecule has 2 saturated carbocycles. The van der Waals surface area contributed by atoms with Gasteiger partial charge in [-0.1, -0.05) is 18.8 Å². The molecule has 0 unspecified atom stereocenters. The van der Waals surface area contributed by atoms with Crippen LogP contribution in [0.15, 0.2) is 6.07 Å². The third kappa shape index (κ3) is 6.90. The van der Waals surface area contributed by atoms with Crippen LogP contribution in [-0.2, 0) is 9.53 Å². The van der Waals surface area contributed by atoms with Gasteiger partial charge in [-0.2, -0.15) is 0 Å². The van der Waals surface area contributed by atoms with Crippen LogP contribution in [-0.4, -0.2) is 48.3 Å². The van der Waals surface area contributed by atoms with Gasteiger partial charge < -0.3 is 20.1 Å². The lowest BCUT2D eigenvalue weighted by molar-refractivity contribution is -0.124. The molecule has 3 aliphatic rings. The summed E-state index contributed by atoms with van der Waals surface area (Å²) in [6, 6.07) is 1.85. The van der Waals surface area contributed by atoms with Crippen LogP contribution in [0.3, 0.4) is 0 Å². The molecule has 3 fully saturated rings. The van der Waals surface area contributed by atoms with Crippen LogP contribution in [0, 0.1) is 29.1 Å². The van der Waals surface area contributed by atoms with Crippen molar-refractivity contribution >= 4 is 28.9 Å². The van der Waals surface area contributed by atoms with E-state index >= 15 is 0 Å². The molecule has 36 heavy (non-hydrogen) atoms. The van der Waals surface area contributed by atoms with E-state index < -0.39 is 5.97 Å². The molecule has 0 spiro atoms. The molecule has 1 saturated heterocycles. The number of anilines is 1. The van der Waals surface area contributed by atoms with Gasteiger partial charge in [-0.25, -0.2) is 4.79 Å². The van der Waals surface area contributed by atoms with Crippen molar-refractivity contribution in [3.05, 3.63) is 15.8 Å². The molecule has 1 aromatic rings. The molecule has 1 aliphatic heterocycles. The lowest BCUT2D eigenvalue weighted by atomic mass is 9.81. The maximum absolute atomic E-state index is 14.0. The number of nitrogens with zero attached hydrogens (tertiary/aromatic N) is 1. The highest BCUT2D eigenvalue weighted by atomic mass is 32.1. The van der Waals surface area contributed by atoms with E-state index in [9.17, 15) is 14.7 Å². The van der Waals surface area contributed by atoms with Gasteiger partial charge in [-0.05, 0) is 97.1 Å². The number of carbonyl (C=O) groups excluding carboxylic acids is 1. The highest BCUT2D eigenvalue weighted by Gasteiger charge is 2.38. The van der Waals surface area contributed by atoms with Crippen molar-refractivity contribution in [2.24, 2.45) is 17.3 Å². The Bertz CT molecular complexity index is 979. The molecule has 2 aliphatic carbocycles. The number of aromatic carboxylic acids is 1. The molecule has 0 aromatic carbocycles. The standard InChI is InChI=1S/C29H42N2O4S/c1-19-5-7-20(8-6-19)27(32)31(21-9-11-22(12-10-21)35-23-14-16-30-18-23)25-17-24(13-15-29(2,3)4)36-26(25)28(33)34/h17,19-23,30H,5-12,14,16,18H2,1-4H3,(H,33,34)/t19?,20?,21?,22?,23-/m0/s1. The van der Waals surface area contributed by atoms with Crippen LogP contribution < -0.4 is 10.2 Å². The van der Waals surface area contributed by atoms with Gasteiger partial charge in [0.15, 0.2) is 0 Å². The number of hydrogen-bond acceptors (Lipinski definition) is 5. The third-order valence-corrected chi connectivity index (χ3v) is 8.77. The highest BCUT2D eigenvalue weighted by Crippen LogP contribution is 2.39. The minimum atomic E-state index is -0.986. The number of amides is 1. The Morgan fingerprint density at radius 2 is 1.75 bits per heavy atom. The molecule has 4 rings (SSSR count). The number of thiophene rings is 1. The summed E-state index contributed by atoms with van der Waals surface area (Å²) in [5.74, 6) is 6.11. The van der Waals surface area contributed by atoms with Crippen molar-refractivity contribution < 1.29 is 19.4 Å². The molecular weight excluding hydrogens is 472 g/mol. The molecule has 1 atom stereocenters. The minimum absolute atomic E-state index is 0.00507. The lowest BCUT2D eigenvalue weighted by Crippen LogP contribution is -2.47. The van der Waals surface area contributed by atoms with Crippen LogP contribution in [0.4, 0.5) is 5.69 Å². The molecule has 1 aromatic heterocycles. The number of rotatable bonds is 6. The van der Waals surface area contributed by atoms with Crippen molar-refractivity contribution in [3.63, 3.8) is 0 Å². The number of hydrogen-bond donors (Lipinski definition) is 2. The van der Waals surface area contributed by atoms with Gasteiger partial charge in [0, 0.05) is 23.9 Å². The number of nitrogens with one attached hydrogen (secondary N) is 1. The van der Waals surface area contributed by atoms with Crippen LogP contribution >= 0.6 is 11.3 Å². The van der Waals surface area contributed by atoms with E-state index in [0.717, 1.165) is 70.9 Å². The van der Waals surface area contributed by atoms with E-state index in [1.54, 1.807) is 0 Å². The molecule has 0 radical (unpaired) electrons. The first-order valence-corrected chi connectivity index (χ1v) is 14.5. The predicted molar refractivity (Wildman–Crippen MR) is 145 cm³/mol. The average molecular weight is 515 g/mol. The third-order valence-electron chi connectivity index (χ3n) is 7.74. The van der Waals surface area contributed by atoms with E-state index in [0.29, 0.717) is 16.5 Å². The van der Waals surface area contributed by atoms with Gasteiger partial charge in [-0.3, -0.25) is 4.79 Å². The zero-order valence-electron chi connectivity index (χ0n) is 22.3. The molecule has 7 heteroatoms. The molecule has 2 heterocycles. The Balaban J connectivity index is 1.60. The number of carbonyl (C=O) groups is 2. The average Bonchev–Trinajstić information content (AvgIpc) is 3.49. The summed E-state index contributed by atoms with van der Waals surface area (Å²) >= 11 is 1.19. The Morgan fingerprint density at radius 1 is 1.06 bits per heavy atom. The normalized spacial score (nSPS) is 28.8.